The van der Waals surface area contributed by atoms with Crippen molar-refractivity contribution < 1.29 is 24.2 Å². The van der Waals surface area contributed by atoms with Gasteiger partial charge in [0, 0.05) is 23.7 Å². The molecular formula is C27H29BrN6O5. The van der Waals surface area contributed by atoms with Crippen molar-refractivity contribution in [2.75, 3.05) is 18.5 Å². The van der Waals surface area contributed by atoms with Crippen LogP contribution in [0.5, 0.6) is 0 Å². The van der Waals surface area contributed by atoms with Gasteiger partial charge in [0.25, 0.3) is 0 Å². The number of para-hydroxylation sites is 2. The maximum atomic E-state index is 13.9. The van der Waals surface area contributed by atoms with E-state index in [1.54, 1.807) is 21.7 Å². The fraction of sp³-hybridized carbons (Fsp3) is 0.444. The highest BCUT2D eigenvalue weighted by Gasteiger charge is 2.76. The van der Waals surface area contributed by atoms with E-state index in [4.69, 9.17) is 4.74 Å². The molecule has 4 heterocycles. The number of benzene rings is 2. The lowest BCUT2D eigenvalue weighted by Crippen LogP contribution is -2.56. The van der Waals surface area contributed by atoms with Crippen molar-refractivity contribution in [2.45, 2.75) is 48.5 Å². The van der Waals surface area contributed by atoms with E-state index < -0.39 is 29.6 Å². The highest BCUT2D eigenvalue weighted by atomic mass is 79.9. The summed E-state index contributed by atoms with van der Waals surface area (Å²) in [7, 11) is 0. The van der Waals surface area contributed by atoms with Crippen LogP contribution in [-0.4, -0.2) is 78.4 Å². The monoisotopic (exact) mass is 596 g/mol. The quantitative estimate of drug-likeness (QED) is 0.252. The molecule has 3 unspecified atom stereocenters. The molecule has 6 rings (SSSR count). The lowest BCUT2D eigenvalue weighted by atomic mass is 9.70. The third-order valence-corrected chi connectivity index (χ3v) is 8.86. The smallest absolute Gasteiger partial charge is 0.247 e. The van der Waals surface area contributed by atoms with Crippen LogP contribution in [0.2, 0.25) is 0 Å². The first-order valence-corrected chi connectivity index (χ1v) is 14.0. The Morgan fingerprint density at radius 1 is 1.10 bits per heavy atom. The van der Waals surface area contributed by atoms with Crippen molar-refractivity contribution in [3.05, 3.63) is 54.6 Å². The predicted molar refractivity (Wildman–Crippen MR) is 144 cm³/mol. The van der Waals surface area contributed by atoms with E-state index in [0.29, 0.717) is 30.5 Å². The Kier molecular flexibility index (Phi) is 6.86. The van der Waals surface area contributed by atoms with Gasteiger partial charge in [-0.15, -0.1) is 5.10 Å². The van der Waals surface area contributed by atoms with Gasteiger partial charge in [0.1, 0.15) is 23.8 Å². The van der Waals surface area contributed by atoms with Crippen molar-refractivity contribution >= 4 is 50.4 Å². The maximum absolute atomic E-state index is 13.9. The molecular weight excluding hydrogens is 568 g/mol. The van der Waals surface area contributed by atoms with Crippen molar-refractivity contribution in [1.29, 1.82) is 0 Å². The zero-order valence-corrected chi connectivity index (χ0v) is 22.7. The summed E-state index contributed by atoms with van der Waals surface area (Å²) in [5.74, 6) is -2.50. The number of aliphatic hydroxyl groups is 1. The number of aromatic nitrogens is 3. The molecule has 3 aliphatic heterocycles. The predicted octanol–water partition coefficient (Wildman–Crippen LogP) is 1.66. The van der Waals surface area contributed by atoms with Gasteiger partial charge in [-0.2, -0.15) is 0 Å². The number of halogens is 1. The molecule has 6 atom stereocenters. The first-order valence-electron chi connectivity index (χ1n) is 13.1. The second-order valence-corrected chi connectivity index (χ2v) is 11.4. The minimum absolute atomic E-state index is 0.0169. The average molecular weight is 597 g/mol. The molecule has 3 aliphatic rings. The summed E-state index contributed by atoms with van der Waals surface area (Å²) in [5.41, 5.74) is 0.958. The molecule has 1 spiro atoms. The highest BCUT2D eigenvalue weighted by Crippen LogP contribution is 2.60. The SMILES string of the molecule is O=C(NCn1nnc2ccccc21)C1N(CCCCO)C(=O)[C@@H]2[C@@H](C(=O)Nc3ccccc3)[C@@H]3OC12CC3Br. The number of fused-ring (bicyclic) bond motifs is 2. The van der Waals surface area contributed by atoms with Gasteiger partial charge < -0.3 is 25.4 Å². The molecule has 3 saturated heterocycles. The summed E-state index contributed by atoms with van der Waals surface area (Å²) < 4.78 is 8.09. The first kappa shape index (κ1) is 25.9. The molecule has 3 fully saturated rings. The van der Waals surface area contributed by atoms with Crippen LogP contribution in [0.25, 0.3) is 11.0 Å². The number of anilines is 1. The van der Waals surface area contributed by atoms with E-state index in [0.717, 1.165) is 5.52 Å². The lowest BCUT2D eigenvalue weighted by molar-refractivity contribution is -0.141. The van der Waals surface area contributed by atoms with Crippen LogP contribution in [0, 0.1) is 11.8 Å². The second kappa shape index (κ2) is 10.3. The molecule has 0 saturated carbocycles. The number of hydrogen-bond acceptors (Lipinski definition) is 7. The first-order chi connectivity index (χ1) is 18.9. The summed E-state index contributed by atoms with van der Waals surface area (Å²) in [4.78, 5) is 42.7. The van der Waals surface area contributed by atoms with Crippen LogP contribution in [0.15, 0.2) is 54.6 Å². The van der Waals surface area contributed by atoms with Gasteiger partial charge in [0.2, 0.25) is 17.7 Å². The number of unbranched alkanes of at least 4 members (excludes halogenated alkanes) is 1. The molecule has 11 nitrogen and oxygen atoms in total. The molecule has 204 valence electrons. The van der Waals surface area contributed by atoms with Gasteiger partial charge >= 0.3 is 0 Å². The van der Waals surface area contributed by atoms with Gasteiger partial charge in [0.05, 0.1) is 23.5 Å². The number of carbonyl (C=O) groups excluding carboxylic acids is 3. The van der Waals surface area contributed by atoms with E-state index in [1.165, 1.54) is 0 Å². The molecule has 39 heavy (non-hydrogen) atoms. The summed E-state index contributed by atoms with van der Waals surface area (Å²) >= 11 is 3.68. The maximum Gasteiger partial charge on any atom is 0.247 e. The van der Waals surface area contributed by atoms with Gasteiger partial charge in [-0.1, -0.05) is 51.5 Å². The van der Waals surface area contributed by atoms with Gasteiger partial charge in [-0.25, -0.2) is 4.68 Å². The van der Waals surface area contributed by atoms with Gasteiger partial charge in [-0.05, 0) is 43.5 Å². The van der Waals surface area contributed by atoms with Crippen molar-refractivity contribution in [1.82, 2.24) is 25.2 Å². The zero-order chi connectivity index (χ0) is 27.1. The van der Waals surface area contributed by atoms with Crippen LogP contribution < -0.4 is 10.6 Å². The minimum atomic E-state index is -1.15. The Labute approximate surface area is 233 Å². The van der Waals surface area contributed by atoms with Crippen LogP contribution >= 0.6 is 15.9 Å². The molecule has 0 aliphatic carbocycles. The molecule has 3 amide bonds. The minimum Gasteiger partial charge on any atom is -0.396 e. The van der Waals surface area contributed by atoms with E-state index in [1.807, 2.05) is 42.5 Å². The lowest BCUT2D eigenvalue weighted by Gasteiger charge is -2.34. The fourth-order valence-corrected chi connectivity index (χ4v) is 7.34. The fourth-order valence-electron chi connectivity index (χ4n) is 6.39. The zero-order valence-electron chi connectivity index (χ0n) is 21.1. The number of nitrogens with one attached hydrogen (secondary N) is 2. The summed E-state index contributed by atoms with van der Waals surface area (Å²) in [6.45, 7) is 0.321. The third kappa shape index (κ3) is 4.30. The molecule has 12 heteroatoms. The number of amides is 3. The standard InChI is InChI=1S/C27H29BrN6O5/c28-17-14-27-21(20(22(17)39-27)24(36)30-16-8-2-1-3-9-16)26(38)33(12-6-7-13-35)23(27)25(37)29-15-34-19-11-5-4-10-18(19)31-32-34/h1-5,8-11,17,20-23,35H,6-7,12-15H2,(H,29,37)(H,30,36)/t17?,20-,21+,22-,23?,27?/m1/s1. The number of alkyl halides is 1. The normalized spacial score (nSPS) is 29.1. The van der Waals surface area contributed by atoms with Crippen molar-refractivity contribution in [2.24, 2.45) is 11.8 Å². The Hall–Kier alpha value is -3.35. The Bertz CT molecular complexity index is 1400. The number of aliphatic hydroxyl groups excluding tert-OH is 1. The second-order valence-electron chi connectivity index (χ2n) is 10.3. The summed E-state index contributed by atoms with van der Waals surface area (Å²) in [6, 6.07) is 15.6. The van der Waals surface area contributed by atoms with Crippen LogP contribution in [0.3, 0.4) is 0 Å². The number of rotatable bonds is 9. The van der Waals surface area contributed by atoms with Gasteiger partial charge in [0.15, 0.2) is 0 Å². The molecule has 2 bridgehead atoms. The van der Waals surface area contributed by atoms with E-state index in [-0.39, 0.29) is 42.4 Å². The highest BCUT2D eigenvalue weighted by molar-refractivity contribution is 9.09. The Balaban J connectivity index is 1.29. The van der Waals surface area contributed by atoms with Crippen LogP contribution in [0.1, 0.15) is 19.3 Å². The average Bonchev–Trinajstić information content (AvgIpc) is 3.65. The number of carbonyl (C=O) groups is 3. The van der Waals surface area contributed by atoms with Crippen LogP contribution in [0.4, 0.5) is 5.69 Å². The molecule has 2 aromatic carbocycles. The molecule has 3 aromatic rings. The van der Waals surface area contributed by atoms with Crippen molar-refractivity contribution in [3.63, 3.8) is 0 Å². The summed E-state index contributed by atoms with van der Waals surface area (Å²) in [6.07, 6.45) is 0.884. The van der Waals surface area contributed by atoms with Crippen molar-refractivity contribution in [3.8, 4) is 0 Å². The number of hydrogen-bond donors (Lipinski definition) is 3. The van der Waals surface area contributed by atoms with Crippen LogP contribution in [-0.2, 0) is 25.8 Å². The molecule has 3 N–H and O–H groups in total. The number of likely N-dealkylation sites (tertiary alicyclic amines) is 1. The molecule has 0 radical (unpaired) electrons. The van der Waals surface area contributed by atoms with E-state index in [2.05, 4.69) is 36.9 Å². The largest absolute Gasteiger partial charge is 0.396 e. The van der Waals surface area contributed by atoms with E-state index in [9.17, 15) is 19.5 Å². The third-order valence-electron chi connectivity index (χ3n) is 8.01. The Morgan fingerprint density at radius 3 is 2.67 bits per heavy atom. The van der Waals surface area contributed by atoms with E-state index >= 15 is 0 Å². The summed E-state index contributed by atoms with van der Waals surface area (Å²) in [5, 5.41) is 23.5. The number of nitrogens with zero attached hydrogens (tertiary/aromatic N) is 4. The van der Waals surface area contributed by atoms with Gasteiger partial charge in [-0.3, -0.25) is 14.4 Å². The molecule has 1 aromatic heterocycles. The number of ether oxygens (including phenoxy) is 1. The Morgan fingerprint density at radius 2 is 1.87 bits per heavy atom. The topological polar surface area (TPSA) is 139 Å².